The average Bonchev–Trinajstić information content (AvgIpc) is 3.29. The van der Waals surface area contributed by atoms with E-state index in [9.17, 15) is 0 Å². The van der Waals surface area contributed by atoms with Gasteiger partial charge in [-0.15, -0.1) is 0 Å². The molecule has 0 saturated carbocycles. The molecule has 3 aromatic carbocycles. The predicted octanol–water partition coefficient (Wildman–Crippen LogP) is 8.32. The molecule has 0 unspecified atom stereocenters. The van der Waals surface area contributed by atoms with Gasteiger partial charge in [-0.3, -0.25) is 4.99 Å². The minimum Gasteiger partial charge on any atom is -0.303 e. The van der Waals surface area contributed by atoms with Crippen LogP contribution in [0.25, 0.3) is 0 Å². The Morgan fingerprint density at radius 2 is 1.73 bits per heavy atom. The summed E-state index contributed by atoms with van der Waals surface area (Å²) in [5.41, 5.74) is 12.2. The van der Waals surface area contributed by atoms with E-state index in [-0.39, 0.29) is 0 Å². The smallest absolute Gasteiger partial charge is 0.0520 e. The molecule has 2 aliphatic rings. The van der Waals surface area contributed by atoms with E-state index in [1.54, 1.807) is 0 Å². The molecular formula is C33H39N3S. The first kappa shape index (κ1) is 25.8. The van der Waals surface area contributed by atoms with E-state index in [2.05, 4.69) is 102 Å². The van der Waals surface area contributed by atoms with Crippen LogP contribution < -0.4 is 4.31 Å². The molecule has 0 amide bonds. The minimum absolute atomic E-state index is 0.960. The average molecular weight is 510 g/mol. The van der Waals surface area contributed by atoms with E-state index in [4.69, 9.17) is 4.99 Å². The summed E-state index contributed by atoms with van der Waals surface area (Å²) < 4.78 is 4.96. The maximum Gasteiger partial charge on any atom is 0.0520 e. The second-order valence-corrected chi connectivity index (χ2v) is 11.5. The van der Waals surface area contributed by atoms with Gasteiger partial charge in [0.2, 0.25) is 0 Å². The third kappa shape index (κ3) is 6.55. The molecule has 0 bridgehead atoms. The van der Waals surface area contributed by atoms with Crippen molar-refractivity contribution in [2.75, 3.05) is 17.4 Å². The summed E-state index contributed by atoms with van der Waals surface area (Å²) in [4.78, 5) is 5.02. The first-order valence-electron chi connectivity index (χ1n) is 13.8. The quantitative estimate of drug-likeness (QED) is 0.256. The SMILES string of the molecule is CCN(Cc1cccc(CCCC2=C(C)CC(c3ccc(C)cc3)=N2)c1)SN1CCCc2ccccc21. The van der Waals surface area contributed by atoms with E-state index >= 15 is 0 Å². The van der Waals surface area contributed by atoms with Crippen molar-refractivity contribution in [3.8, 4) is 0 Å². The van der Waals surface area contributed by atoms with Crippen LogP contribution >= 0.6 is 12.1 Å². The molecule has 0 fully saturated rings. The number of rotatable bonds is 10. The van der Waals surface area contributed by atoms with Gasteiger partial charge in [0.15, 0.2) is 0 Å². The van der Waals surface area contributed by atoms with Gasteiger partial charge in [-0.05, 0) is 79.8 Å². The Balaban J connectivity index is 1.16. The molecule has 3 aromatic rings. The van der Waals surface area contributed by atoms with E-state index in [1.807, 2.05) is 12.1 Å². The maximum atomic E-state index is 5.02. The monoisotopic (exact) mass is 509 g/mol. The zero-order chi connectivity index (χ0) is 25.6. The Kier molecular flexibility index (Phi) is 8.48. The molecule has 0 aromatic heterocycles. The highest BCUT2D eigenvalue weighted by Gasteiger charge is 2.20. The van der Waals surface area contributed by atoms with Crippen LogP contribution in [0.15, 0.2) is 89.1 Å². The zero-order valence-corrected chi connectivity index (χ0v) is 23.4. The maximum absolute atomic E-state index is 5.02. The molecule has 4 heteroatoms. The van der Waals surface area contributed by atoms with Crippen molar-refractivity contribution in [3.05, 3.63) is 112 Å². The van der Waals surface area contributed by atoms with E-state index in [0.29, 0.717) is 0 Å². The number of hydrogen-bond donors (Lipinski definition) is 0. The van der Waals surface area contributed by atoms with Crippen LogP contribution in [0.1, 0.15) is 67.3 Å². The summed E-state index contributed by atoms with van der Waals surface area (Å²) in [5, 5.41) is 0. The van der Waals surface area contributed by atoms with Crippen molar-refractivity contribution in [1.29, 1.82) is 0 Å². The topological polar surface area (TPSA) is 18.8 Å². The van der Waals surface area contributed by atoms with Gasteiger partial charge in [0, 0.05) is 43.9 Å². The number of hydrogen-bond acceptors (Lipinski definition) is 4. The third-order valence-corrected chi connectivity index (χ3v) is 8.64. The van der Waals surface area contributed by atoms with Gasteiger partial charge in [0.25, 0.3) is 0 Å². The van der Waals surface area contributed by atoms with Crippen LogP contribution in [-0.4, -0.2) is 23.1 Å². The first-order valence-corrected chi connectivity index (χ1v) is 14.5. The Morgan fingerprint density at radius 3 is 2.57 bits per heavy atom. The summed E-state index contributed by atoms with van der Waals surface area (Å²) >= 11 is 1.89. The molecule has 3 nitrogen and oxygen atoms in total. The fraction of sp³-hybridized carbons (Fsp3) is 0.364. The summed E-state index contributed by atoms with van der Waals surface area (Å²) in [6.07, 6.45) is 6.69. The van der Waals surface area contributed by atoms with Crippen molar-refractivity contribution >= 4 is 23.5 Å². The molecule has 0 atom stereocenters. The highest BCUT2D eigenvalue weighted by molar-refractivity contribution is 7.98. The van der Waals surface area contributed by atoms with Gasteiger partial charge in [0.05, 0.1) is 11.4 Å². The number of benzene rings is 3. The molecular weight excluding hydrogens is 470 g/mol. The molecule has 5 rings (SSSR count). The molecule has 0 spiro atoms. The number of aryl methyl sites for hydroxylation is 3. The fourth-order valence-electron chi connectivity index (χ4n) is 5.30. The van der Waals surface area contributed by atoms with Crippen molar-refractivity contribution < 1.29 is 0 Å². The lowest BCUT2D eigenvalue weighted by atomic mass is 10.0. The number of para-hydroxylation sites is 1. The second kappa shape index (κ2) is 12.1. The number of fused-ring (bicyclic) bond motifs is 1. The lowest BCUT2D eigenvalue weighted by Gasteiger charge is -2.33. The Labute approximate surface area is 227 Å². The standard InChI is InChI=1S/C33H39N3S/c1-4-35(37-36-21-9-14-30-13-5-6-16-33(30)36)24-28-12-7-10-27(23-28)11-8-15-31-26(3)22-32(34-31)29-19-17-25(2)18-20-29/h5-7,10,12-13,16-20,23H,4,8-9,11,14-15,21-22,24H2,1-3H3. The summed E-state index contributed by atoms with van der Waals surface area (Å²) in [7, 11) is 0. The van der Waals surface area contributed by atoms with Gasteiger partial charge in [-0.2, -0.15) is 0 Å². The van der Waals surface area contributed by atoms with Crippen molar-refractivity contribution in [2.45, 2.75) is 65.8 Å². The summed E-state index contributed by atoms with van der Waals surface area (Å²) in [6.45, 7) is 9.73. The van der Waals surface area contributed by atoms with Crippen molar-refractivity contribution in [2.24, 2.45) is 4.99 Å². The molecule has 0 saturated heterocycles. The number of nitrogens with zero attached hydrogens (tertiary/aromatic N) is 3. The first-order chi connectivity index (χ1) is 18.1. The van der Waals surface area contributed by atoms with Crippen LogP contribution in [0.2, 0.25) is 0 Å². The summed E-state index contributed by atoms with van der Waals surface area (Å²) in [5.74, 6) is 0. The lowest BCUT2D eigenvalue weighted by molar-refractivity contribution is 0.490. The zero-order valence-electron chi connectivity index (χ0n) is 22.5. The highest BCUT2D eigenvalue weighted by atomic mass is 32.2. The van der Waals surface area contributed by atoms with E-state index < -0.39 is 0 Å². The van der Waals surface area contributed by atoms with E-state index in [1.165, 1.54) is 63.3 Å². The second-order valence-electron chi connectivity index (χ2n) is 10.4. The van der Waals surface area contributed by atoms with Gasteiger partial charge < -0.3 is 4.31 Å². The molecule has 37 heavy (non-hydrogen) atoms. The van der Waals surface area contributed by atoms with Gasteiger partial charge in [-0.25, -0.2) is 4.31 Å². The largest absolute Gasteiger partial charge is 0.303 e. The molecule has 0 N–H and O–H groups in total. The van der Waals surface area contributed by atoms with Crippen LogP contribution in [0.4, 0.5) is 5.69 Å². The van der Waals surface area contributed by atoms with E-state index in [0.717, 1.165) is 45.3 Å². The molecule has 192 valence electrons. The highest BCUT2D eigenvalue weighted by Crippen LogP contribution is 2.34. The minimum atomic E-state index is 0.960. The van der Waals surface area contributed by atoms with Crippen LogP contribution in [0.3, 0.4) is 0 Å². The van der Waals surface area contributed by atoms with Crippen molar-refractivity contribution in [3.63, 3.8) is 0 Å². The summed E-state index contributed by atoms with van der Waals surface area (Å²) in [6, 6.07) is 26.8. The lowest BCUT2D eigenvalue weighted by Crippen LogP contribution is -2.29. The Hall–Kier alpha value is -2.82. The Bertz CT molecular complexity index is 1270. The molecule has 0 radical (unpaired) electrons. The van der Waals surface area contributed by atoms with Crippen LogP contribution in [0, 0.1) is 6.92 Å². The van der Waals surface area contributed by atoms with Crippen molar-refractivity contribution in [1.82, 2.24) is 4.31 Å². The Morgan fingerprint density at radius 1 is 0.919 bits per heavy atom. The number of allylic oxidation sites excluding steroid dienone is 2. The third-order valence-electron chi connectivity index (χ3n) is 7.44. The molecule has 2 aliphatic heterocycles. The molecule has 0 aliphatic carbocycles. The normalized spacial score (nSPS) is 15.4. The number of aliphatic imine (C=N–C) groups is 1. The van der Waals surface area contributed by atoms with Crippen LogP contribution in [-0.2, 0) is 19.4 Å². The van der Waals surface area contributed by atoms with Gasteiger partial charge >= 0.3 is 0 Å². The van der Waals surface area contributed by atoms with Crippen LogP contribution in [0.5, 0.6) is 0 Å². The van der Waals surface area contributed by atoms with Gasteiger partial charge in [0.1, 0.15) is 0 Å². The number of anilines is 1. The van der Waals surface area contributed by atoms with Gasteiger partial charge in [-0.1, -0.05) is 79.2 Å². The molecule has 2 heterocycles. The fourth-order valence-corrected chi connectivity index (χ4v) is 6.38. The predicted molar refractivity (Wildman–Crippen MR) is 160 cm³/mol.